The maximum absolute atomic E-state index is 13.2. The number of aliphatic hydroxyl groups excluding tert-OH is 1. The lowest BCUT2D eigenvalue weighted by Gasteiger charge is -2.28. The second-order valence-electron chi connectivity index (χ2n) is 5.07. The monoisotopic (exact) mass is 316 g/mol. The van der Waals surface area contributed by atoms with Gasteiger partial charge in [-0.25, -0.2) is 4.57 Å². The number of para-hydroxylation sites is 1. The van der Waals surface area contributed by atoms with E-state index in [0.717, 1.165) is 5.56 Å². The van der Waals surface area contributed by atoms with Crippen LogP contribution in [0.4, 0.5) is 0 Å². The Kier molecular flexibility index (Phi) is 3.81. The number of aliphatic hydroxyl groups is 1. The summed E-state index contributed by atoms with van der Waals surface area (Å²) < 4.78 is 24.2. The molecule has 0 radical (unpaired) electrons. The summed E-state index contributed by atoms with van der Waals surface area (Å²) in [5.74, 6) is 0.315. The highest BCUT2D eigenvalue weighted by molar-refractivity contribution is 7.66. The molecular weight excluding hydrogens is 299 g/mol. The average Bonchev–Trinajstić information content (AvgIpc) is 2.49. The summed E-state index contributed by atoms with van der Waals surface area (Å²) in [7, 11) is -3.62. The molecule has 1 unspecified atom stereocenters. The summed E-state index contributed by atoms with van der Waals surface area (Å²) in [6, 6.07) is 14.4. The van der Waals surface area contributed by atoms with Gasteiger partial charge >= 0.3 is 7.60 Å². The zero-order chi connectivity index (χ0) is 15.7. The van der Waals surface area contributed by atoms with Gasteiger partial charge in [0.05, 0.1) is 12.2 Å². The molecule has 0 saturated carbocycles. The van der Waals surface area contributed by atoms with Crippen molar-refractivity contribution in [1.82, 2.24) is 0 Å². The van der Waals surface area contributed by atoms with Crippen LogP contribution in [0.3, 0.4) is 0 Å². The first-order valence-electron chi connectivity index (χ1n) is 7.09. The van der Waals surface area contributed by atoms with E-state index in [0.29, 0.717) is 16.9 Å². The molecule has 1 heterocycles. The van der Waals surface area contributed by atoms with Crippen LogP contribution in [-0.2, 0) is 9.09 Å². The molecule has 3 rings (SSSR count). The van der Waals surface area contributed by atoms with Gasteiger partial charge in [0.1, 0.15) is 16.8 Å². The molecule has 1 aliphatic rings. The molecule has 1 atom stereocenters. The van der Waals surface area contributed by atoms with E-state index in [4.69, 9.17) is 9.05 Å². The number of aryl methyl sites for hydroxylation is 1. The topological polar surface area (TPSA) is 55.8 Å². The Balaban J connectivity index is 2.25. The molecule has 0 amide bonds. The first kappa shape index (κ1) is 14.9. The Morgan fingerprint density at radius 2 is 1.82 bits per heavy atom. The maximum atomic E-state index is 13.2. The Hall–Kier alpha value is -2.03. The third-order valence-corrected chi connectivity index (χ3v) is 5.54. The van der Waals surface area contributed by atoms with Crippen LogP contribution in [0.15, 0.2) is 48.5 Å². The van der Waals surface area contributed by atoms with Gasteiger partial charge in [0.15, 0.2) is 0 Å². The van der Waals surface area contributed by atoms with Gasteiger partial charge < -0.3 is 9.63 Å². The van der Waals surface area contributed by atoms with E-state index in [1.807, 2.05) is 31.2 Å². The third-order valence-electron chi connectivity index (χ3n) is 3.48. The van der Waals surface area contributed by atoms with Gasteiger partial charge in [-0.3, -0.25) is 4.52 Å². The van der Waals surface area contributed by atoms with Crippen molar-refractivity contribution in [3.05, 3.63) is 65.2 Å². The predicted octanol–water partition coefficient (Wildman–Crippen LogP) is 5.00. The van der Waals surface area contributed by atoms with Gasteiger partial charge in [0, 0.05) is 0 Å². The highest BCUT2D eigenvalue weighted by atomic mass is 31.2. The molecule has 0 aliphatic carbocycles. The molecule has 0 bridgehead atoms. The normalized spacial score (nSPS) is 20.5. The second-order valence-corrected chi connectivity index (χ2v) is 6.95. The van der Waals surface area contributed by atoms with Crippen LogP contribution < -0.4 is 4.52 Å². The quantitative estimate of drug-likeness (QED) is 0.810. The van der Waals surface area contributed by atoms with Gasteiger partial charge in [0.25, 0.3) is 0 Å². The molecule has 4 nitrogen and oxygen atoms in total. The van der Waals surface area contributed by atoms with Crippen molar-refractivity contribution in [2.45, 2.75) is 13.8 Å². The minimum atomic E-state index is -3.62. The summed E-state index contributed by atoms with van der Waals surface area (Å²) >= 11 is 0. The van der Waals surface area contributed by atoms with E-state index in [1.165, 1.54) is 0 Å². The number of rotatable bonds is 3. The van der Waals surface area contributed by atoms with Crippen molar-refractivity contribution in [3.63, 3.8) is 0 Å². The fourth-order valence-corrected chi connectivity index (χ4v) is 4.32. The molecule has 0 fully saturated rings. The maximum Gasteiger partial charge on any atom is 0.415 e. The van der Waals surface area contributed by atoms with Crippen molar-refractivity contribution in [2.75, 3.05) is 6.61 Å². The molecular formula is C17H17O4P. The van der Waals surface area contributed by atoms with E-state index in [9.17, 15) is 9.67 Å². The molecule has 2 aromatic rings. The Labute approximate surface area is 129 Å². The van der Waals surface area contributed by atoms with Crippen molar-refractivity contribution in [2.24, 2.45) is 0 Å². The highest BCUT2D eigenvalue weighted by Crippen LogP contribution is 2.65. The molecule has 0 saturated heterocycles. The van der Waals surface area contributed by atoms with Crippen molar-refractivity contribution < 1.29 is 18.7 Å². The fourth-order valence-electron chi connectivity index (χ4n) is 2.44. The number of benzene rings is 2. The molecule has 2 aromatic carbocycles. The Morgan fingerprint density at radius 1 is 1.14 bits per heavy atom. The zero-order valence-corrected chi connectivity index (χ0v) is 13.3. The summed E-state index contributed by atoms with van der Waals surface area (Å²) in [4.78, 5) is 0. The molecule has 5 heteroatoms. The van der Waals surface area contributed by atoms with Crippen molar-refractivity contribution in [3.8, 4) is 5.75 Å². The van der Waals surface area contributed by atoms with Crippen LogP contribution in [-0.4, -0.2) is 11.7 Å². The lowest BCUT2D eigenvalue weighted by Crippen LogP contribution is -2.09. The largest absolute Gasteiger partial charge is 0.506 e. The van der Waals surface area contributed by atoms with Crippen molar-refractivity contribution in [1.29, 1.82) is 0 Å². The number of fused-ring (bicyclic) bond motifs is 1. The molecule has 0 aromatic heterocycles. The summed E-state index contributed by atoms with van der Waals surface area (Å²) in [6.45, 7) is 3.93. The minimum Gasteiger partial charge on any atom is -0.506 e. The van der Waals surface area contributed by atoms with E-state index in [-0.39, 0.29) is 17.7 Å². The first-order valence-corrected chi connectivity index (χ1v) is 8.64. The van der Waals surface area contributed by atoms with Gasteiger partial charge in [-0.2, -0.15) is 0 Å². The molecule has 1 N–H and O–H groups in total. The summed E-state index contributed by atoms with van der Waals surface area (Å²) in [6.07, 6.45) is 0. The SMILES string of the molecule is CCOP1(=O)Oc2ccccc2C(O)=C1c1ccc(C)cc1. The van der Waals surface area contributed by atoms with Gasteiger partial charge in [0.2, 0.25) is 0 Å². The van der Waals surface area contributed by atoms with Crippen LogP contribution >= 0.6 is 7.60 Å². The van der Waals surface area contributed by atoms with Gasteiger partial charge in [-0.15, -0.1) is 0 Å². The van der Waals surface area contributed by atoms with Crippen LogP contribution in [0.1, 0.15) is 23.6 Å². The Bertz CT molecular complexity index is 778. The molecule has 114 valence electrons. The third kappa shape index (κ3) is 2.45. The van der Waals surface area contributed by atoms with E-state index >= 15 is 0 Å². The second kappa shape index (κ2) is 5.64. The predicted molar refractivity (Wildman–Crippen MR) is 86.9 cm³/mol. The van der Waals surface area contributed by atoms with Crippen LogP contribution in [0.25, 0.3) is 11.1 Å². The standard InChI is InChI=1S/C17H17O4P/c1-3-20-22(19)17(13-10-8-12(2)9-11-13)16(18)14-6-4-5-7-15(14)21-22/h4-11,18H,3H2,1-2H3. The first-order chi connectivity index (χ1) is 10.5. The molecule has 0 spiro atoms. The van der Waals surface area contributed by atoms with Gasteiger partial charge in [-0.1, -0.05) is 42.0 Å². The summed E-state index contributed by atoms with van der Waals surface area (Å²) in [5, 5.41) is 10.9. The lowest BCUT2D eigenvalue weighted by molar-refractivity contribution is 0.287. The molecule has 22 heavy (non-hydrogen) atoms. The van der Waals surface area contributed by atoms with Crippen LogP contribution in [0, 0.1) is 6.92 Å². The van der Waals surface area contributed by atoms with Gasteiger partial charge in [-0.05, 0) is 31.5 Å². The van der Waals surface area contributed by atoms with Crippen molar-refractivity contribution >= 4 is 18.7 Å². The zero-order valence-electron chi connectivity index (χ0n) is 12.4. The summed E-state index contributed by atoms with van der Waals surface area (Å²) in [5.41, 5.74) is 2.23. The van der Waals surface area contributed by atoms with E-state index in [2.05, 4.69) is 0 Å². The highest BCUT2D eigenvalue weighted by Gasteiger charge is 2.41. The van der Waals surface area contributed by atoms with Crippen LogP contribution in [0.2, 0.25) is 0 Å². The minimum absolute atomic E-state index is 0.0533. The number of hydrogen-bond acceptors (Lipinski definition) is 4. The average molecular weight is 316 g/mol. The lowest BCUT2D eigenvalue weighted by atomic mass is 10.1. The fraction of sp³-hybridized carbons (Fsp3) is 0.176. The van der Waals surface area contributed by atoms with E-state index in [1.54, 1.807) is 31.2 Å². The molecule has 1 aliphatic heterocycles. The Morgan fingerprint density at radius 3 is 2.50 bits per heavy atom. The smallest absolute Gasteiger partial charge is 0.415 e. The van der Waals surface area contributed by atoms with E-state index < -0.39 is 7.60 Å². The number of hydrogen-bond donors (Lipinski definition) is 1. The van der Waals surface area contributed by atoms with Crippen LogP contribution in [0.5, 0.6) is 5.75 Å².